The molecule has 5 nitrogen and oxygen atoms in total. The standard InChI is InChI=1S/C13H12F3NO4/c1-17(11(18)9-6-10(9)12(19)20)7-3-2-4-8(5-7)21-13(14,15)16/h2-5,9-10H,6H2,1H3,(H,19,20). The van der Waals surface area contributed by atoms with Gasteiger partial charge in [-0.3, -0.25) is 9.59 Å². The normalized spacial score (nSPS) is 20.8. The molecular formula is C13H12F3NO4. The van der Waals surface area contributed by atoms with E-state index < -0.39 is 35.8 Å². The highest BCUT2D eigenvalue weighted by atomic mass is 19.4. The van der Waals surface area contributed by atoms with E-state index >= 15 is 0 Å². The summed E-state index contributed by atoms with van der Waals surface area (Å²) in [5.74, 6) is -3.26. The van der Waals surface area contributed by atoms with Crippen molar-refractivity contribution in [2.45, 2.75) is 12.8 Å². The molecule has 2 rings (SSSR count). The molecule has 0 heterocycles. The van der Waals surface area contributed by atoms with E-state index in [4.69, 9.17) is 5.11 Å². The Bertz CT molecular complexity index is 573. The van der Waals surface area contributed by atoms with Crippen LogP contribution in [0, 0.1) is 11.8 Å². The highest BCUT2D eigenvalue weighted by Gasteiger charge is 2.49. The summed E-state index contributed by atoms with van der Waals surface area (Å²) < 4.78 is 40.2. The lowest BCUT2D eigenvalue weighted by molar-refractivity contribution is -0.274. The fourth-order valence-electron chi connectivity index (χ4n) is 2.01. The Morgan fingerprint density at radius 3 is 2.52 bits per heavy atom. The first kappa shape index (κ1) is 15.1. The first-order valence-corrected chi connectivity index (χ1v) is 6.05. The van der Waals surface area contributed by atoms with Crippen LogP contribution >= 0.6 is 0 Å². The number of amides is 1. The molecule has 2 unspecified atom stereocenters. The lowest BCUT2D eigenvalue weighted by Gasteiger charge is -2.18. The van der Waals surface area contributed by atoms with Crippen molar-refractivity contribution in [3.8, 4) is 5.75 Å². The average molecular weight is 303 g/mol. The molecule has 0 saturated heterocycles. The SMILES string of the molecule is CN(C(=O)C1CC1C(=O)O)c1cccc(OC(F)(F)F)c1. The number of hydrogen-bond donors (Lipinski definition) is 1. The van der Waals surface area contributed by atoms with Crippen LogP contribution in [0.5, 0.6) is 5.75 Å². The number of anilines is 1. The Hall–Kier alpha value is -2.25. The van der Waals surface area contributed by atoms with Crippen LogP contribution in [0.2, 0.25) is 0 Å². The van der Waals surface area contributed by atoms with Gasteiger partial charge in [0.1, 0.15) is 5.75 Å². The van der Waals surface area contributed by atoms with Gasteiger partial charge in [0.15, 0.2) is 0 Å². The number of nitrogens with zero attached hydrogens (tertiary/aromatic N) is 1. The number of benzene rings is 1. The second-order valence-corrected chi connectivity index (χ2v) is 4.73. The van der Waals surface area contributed by atoms with Crippen molar-refractivity contribution in [2.75, 3.05) is 11.9 Å². The monoisotopic (exact) mass is 303 g/mol. The van der Waals surface area contributed by atoms with Gasteiger partial charge in [0, 0.05) is 18.8 Å². The number of alkyl halides is 3. The third-order valence-corrected chi connectivity index (χ3v) is 3.19. The molecule has 1 saturated carbocycles. The molecule has 1 aromatic carbocycles. The number of rotatable bonds is 4. The van der Waals surface area contributed by atoms with Crippen molar-refractivity contribution in [1.29, 1.82) is 0 Å². The van der Waals surface area contributed by atoms with E-state index in [0.29, 0.717) is 0 Å². The van der Waals surface area contributed by atoms with Gasteiger partial charge < -0.3 is 14.7 Å². The van der Waals surface area contributed by atoms with Crippen LogP contribution in [-0.2, 0) is 9.59 Å². The molecule has 114 valence electrons. The third kappa shape index (κ3) is 3.65. The van der Waals surface area contributed by atoms with E-state index in [1.807, 2.05) is 0 Å². The quantitative estimate of drug-likeness (QED) is 0.926. The Kier molecular flexibility index (Phi) is 3.80. The number of aliphatic carboxylic acids is 1. The zero-order valence-corrected chi connectivity index (χ0v) is 10.9. The second-order valence-electron chi connectivity index (χ2n) is 4.73. The predicted molar refractivity (Wildman–Crippen MR) is 65.8 cm³/mol. The summed E-state index contributed by atoms with van der Waals surface area (Å²) in [6.45, 7) is 0. The molecule has 1 aromatic rings. The molecule has 1 fully saturated rings. The maximum absolute atomic E-state index is 12.1. The van der Waals surface area contributed by atoms with Gasteiger partial charge in [-0.15, -0.1) is 13.2 Å². The molecule has 0 aliphatic heterocycles. The predicted octanol–water partition coefficient (Wildman–Crippen LogP) is 2.27. The summed E-state index contributed by atoms with van der Waals surface area (Å²) in [5, 5.41) is 8.78. The summed E-state index contributed by atoms with van der Waals surface area (Å²) in [7, 11) is 1.38. The molecule has 0 bridgehead atoms. The fraction of sp³-hybridized carbons (Fsp3) is 0.385. The molecule has 21 heavy (non-hydrogen) atoms. The number of hydrogen-bond acceptors (Lipinski definition) is 3. The lowest BCUT2D eigenvalue weighted by atomic mass is 10.2. The van der Waals surface area contributed by atoms with Crippen LogP contribution in [0.25, 0.3) is 0 Å². The number of carboxylic acids is 1. The van der Waals surface area contributed by atoms with Gasteiger partial charge in [0.25, 0.3) is 0 Å². The maximum atomic E-state index is 12.1. The van der Waals surface area contributed by atoms with E-state index in [2.05, 4.69) is 4.74 Å². The van der Waals surface area contributed by atoms with Gasteiger partial charge in [-0.2, -0.15) is 0 Å². The highest BCUT2D eigenvalue weighted by molar-refractivity contribution is 5.99. The number of carbonyl (C=O) groups is 2. The first-order chi connectivity index (χ1) is 9.69. The molecular weight excluding hydrogens is 291 g/mol. The van der Waals surface area contributed by atoms with E-state index in [9.17, 15) is 22.8 Å². The van der Waals surface area contributed by atoms with Crippen LogP contribution in [0.15, 0.2) is 24.3 Å². The summed E-state index contributed by atoms with van der Waals surface area (Å²) in [5.41, 5.74) is 0.206. The highest BCUT2D eigenvalue weighted by Crippen LogP contribution is 2.40. The van der Waals surface area contributed by atoms with Crippen molar-refractivity contribution in [3.63, 3.8) is 0 Å². The van der Waals surface area contributed by atoms with Gasteiger partial charge in [-0.25, -0.2) is 0 Å². The minimum Gasteiger partial charge on any atom is -0.481 e. The smallest absolute Gasteiger partial charge is 0.481 e. The molecule has 8 heteroatoms. The summed E-state index contributed by atoms with van der Waals surface area (Å²) in [4.78, 5) is 23.9. The summed E-state index contributed by atoms with van der Waals surface area (Å²) >= 11 is 0. The van der Waals surface area contributed by atoms with Gasteiger partial charge in [-0.05, 0) is 18.6 Å². The largest absolute Gasteiger partial charge is 0.573 e. The van der Waals surface area contributed by atoms with E-state index in [-0.39, 0.29) is 12.1 Å². The molecule has 0 spiro atoms. The maximum Gasteiger partial charge on any atom is 0.573 e. The van der Waals surface area contributed by atoms with Crippen LogP contribution < -0.4 is 9.64 Å². The molecule has 1 aliphatic carbocycles. The zero-order valence-electron chi connectivity index (χ0n) is 10.9. The zero-order chi connectivity index (χ0) is 15.8. The van der Waals surface area contributed by atoms with Crippen molar-refractivity contribution in [3.05, 3.63) is 24.3 Å². The number of carboxylic acid groups (broad SMARTS) is 1. The van der Waals surface area contributed by atoms with Gasteiger partial charge >= 0.3 is 12.3 Å². The molecule has 2 atom stereocenters. The Morgan fingerprint density at radius 2 is 2.00 bits per heavy atom. The number of halogens is 3. The van der Waals surface area contributed by atoms with Crippen molar-refractivity contribution < 1.29 is 32.6 Å². The van der Waals surface area contributed by atoms with Crippen LogP contribution in [0.4, 0.5) is 18.9 Å². The first-order valence-electron chi connectivity index (χ1n) is 6.05. The topological polar surface area (TPSA) is 66.8 Å². The van der Waals surface area contributed by atoms with Crippen molar-refractivity contribution in [2.24, 2.45) is 11.8 Å². The van der Waals surface area contributed by atoms with Crippen molar-refractivity contribution >= 4 is 17.6 Å². The lowest BCUT2D eigenvalue weighted by Crippen LogP contribution is -2.29. The van der Waals surface area contributed by atoms with E-state index in [1.54, 1.807) is 0 Å². The minimum atomic E-state index is -4.81. The number of carbonyl (C=O) groups excluding carboxylic acids is 1. The fourth-order valence-corrected chi connectivity index (χ4v) is 2.01. The van der Waals surface area contributed by atoms with Crippen molar-refractivity contribution in [1.82, 2.24) is 0 Å². The van der Waals surface area contributed by atoms with Gasteiger partial charge in [-0.1, -0.05) is 6.07 Å². The molecule has 1 N–H and O–H groups in total. The van der Waals surface area contributed by atoms with Gasteiger partial charge in [0.05, 0.1) is 11.8 Å². The minimum absolute atomic E-state index is 0.206. The van der Waals surface area contributed by atoms with E-state index in [1.165, 1.54) is 19.2 Å². The Balaban J connectivity index is 2.09. The Labute approximate surface area is 117 Å². The van der Waals surface area contributed by atoms with Gasteiger partial charge in [0.2, 0.25) is 5.91 Å². The number of ether oxygens (including phenoxy) is 1. The van der Waals surface area contributed by atoms with E-state index in [0.717, 1.165) is 17.0 Å². The molecule has 0 aromatic heterocycles. The third-order valence-electron chi connectivity index (χ3n) is 3.19. The molecule has 1 aliphatic rings. The summed E-state index contributed by atoms with van der Waals surface area (Å²) in [6.07, 6.45) is -4.57. The Morgan fingerprint density at radius 1 is 1.33 bits per heavy atom. The van der Waals surface area contributed by atoms with Crippen LogP contribution in [0.3, 0.4) is 0 Å². The average Bonchev–Trinajstić information content (AvgIpc) is 3.15. The van der Waals surface area contributed by atoms with Crippen LogP contribution in [-0.4, -0.2) is 30.4 Å². The molecule has 0 radical (unpaired) electrons. The summed E-state index contributed by atoms with van der Waals surface area (Å²) in [6, 6.07) is 4.96. The molecule has 1 amide bonds. The van der Waals surface area contributed by atoms with Crippen LogP contribution in [0.1, 0.15) is 6.42 Å². The second kappa shape index (κ2) is 5.27.